The van der Waals surface area contributed by atoms with Crippen LogP contribution in [0.15, 0.2) is 77.8 Å². The Bertz CT molecular complexity index is 717. The number of nitrogens with one attached hydrogen (secondary N) is 1. The number of para-hydroxylation sites is 1. The van der Waals surface area contributed by atoms with Gasteiger partial charge in [-0.3, -0.25) is 4.98 Å². The van der Waals surface area contributed by atoms with Crippen molar-refractivity contribution in [2.45, 2.75) is 0 Å². The first-order valence-electron chi connectivity index (χ1n) is 6.71. The molecule has 2 aromatic carbocycles. The molecule has 0 amide bonds. The number of hydrogen-bond donors (Lipinski definition) is 1. The van der Waals surface area contributed by atoms with E-state index >= 15 is 0 Å². The van der Waals surface area contributed by atoms with Gasteiger partial charge in [-0.1, -0.05) is 36.4 Å². The van der Waals surface area contributed by atoms with E-state index in [1.54, 1.807) is 27.8 Å². The number of hydrogen-bond acceptors (Lipinski definition) is 4. The van der Waals surface area contributed by atoms with E-state index in [0.29, 0.717) is 0 Å². The van der Waals surface area contributed by atoms with Crippen molar-refractivity contribution in [3.8, 4) is 17.1 Å². The van der Waals surface area contributed by atoms with E-state index in [1.165, 1.54) is 0 Å². The Labute approximate surface area is 148 Å². The minimum Gasteiger partial charge on any atom is -1.00 e. The van der Waals surface area contributed by atoms with Crippen molar-refractivity contribution < 1.29 is 21.8 Å². The van der Waals surface area contributed by atoms with Gasteiger partial charge in [0.1, 0.15) is 0 Å². The lowest BCUT2D eigenvalue weighted by molar-refractivity contribution is -0.716. The summed E-state index contributed by atoms with van der Waals surface area (Å²) in [5.74, 6) is 0.759. The lowest BCUT2D eigenvalue weighted by atomic mass is 10.2. The van der Waals surface area contributed by atoms with Crippen molar-refractivity contribution in [2.75, 3.05) is 0 Å². The lowest BCUT2D eigenvalue weighted by Gasteiger charge is -1.90. The molecule has 0 atom stereocenters. The minimum atomic E-state index is 0. The molecule has 1 N–H and O–H groups in total. The summed E-state index contributed by atoms with van der Waals surface area (Å²) in [6.07, 6.45) is 1.77. The maximum atomic E-state index is 4.12. The summed E-state index contributed by atoms with van der Waals surface area (Å²) < 4.78 is 0. The van der Waals surface area contributed by atoms with Crippen LogP contribution >= 0.6 is 11.3 Å². The molecule has 7 heteroatoms. The van der Waals surface area contributed by atoms with Crippen LogP contribution in [0, 0.1) is 0 Å². The van der Waals surface area contributed by atoms with Gasteiger partial charge in [0.25, 0.3) is 0 Å². The molecule has 2 heterocycles. The van der Waals surface area contributed by atoms with Gasteiger partial charge in [0.2, 0.25) is 0 Å². The van der Waals surface area contributed by atoms with E-state index in [-0.39, 0.29) is 17.0 Å². The molecule has 116 valence electrons. The van der Waals surface area contributed by atoms with Gasteiger partial charge in [-0.2, -0.15) is 5.10 Å². The summed E-state index contributed by atoms with van der Waals surface area (Å²) in [6.45, 7) is 0. The number of tetrazole rings is 1. The Balaban J connectivity index is 0.000000276. The number of benzene rings is 2. The van der Waals surface area contributed by atoms with Crippen molar-refractivity contribution in [1.29, 1.82) is 0 Å². The first-order valence-corrected chi connectivity index (χ1v) is 7.66. The molecule has 0 aliphatic heterocycles. The molecule has 0 fully saturated rings. The van der Waals surface area contributed by atoms with Crippen molar-refractivity contribution in [3.05, 3.63) is 77.8 Å². The molecule has 4 rings (SSSR count). The van der Waals surface area contributed by atoms with Crippen molar-refractivity contribution >= 4 is 11.3 Å². The molecule has 0 radical (unpaired) electrons. The van der Waals surface area contributed by atoms with E-state index in [0.717, 1.165) is 17.1 Å². The molecule has 0 unspecified atom stereocenters. The fraction of sp³-hybridized carbons (Fsp3) is 0. The average molecular weight is 388 g/mol. The van der Waals surface area contributed by atoms with E-state index in [9.17, 15) is 0 Å². The van der Waals surface area contributed by atoms with Gasteiger partial charge in [0.15, 0.2) is 10.9 Å². The smallest absolute Gasteiger partial charge is 0.313 e. The highest BCUT2D eigenvalue weighted by molar-refractivity contribution is 7.07. The number of nitrogens with zero attached hydrogens (tertiary/aromatic N) is 4. The third-order valence-electron chi connectivity index (χ3n) is 2.84. The topological polar surface area (TPSA) is 58.3 Å². The predicted molar refractivity (Wildman–Crippen MR) is 85.5 cm³/mol. The number of halogens is 1. The molecule has 0 spiro atoms. The van der Waals surface area contributed by atoms with Crippen LogP contribution in [0.4, 0.5) is 0 Å². The number of rotatable bonds is 2. The van der Waals surface area contributed by atoms with E-state index in [2.05, 4.69) is 20.4 Å². The molecule has 0 aliphatic carbocycles. The molecule has 2 aromatic heterocycles. The second kappa shape index (κ2) is 8.92. The number of thiazole rings is 1. The monoisotopic (exact) mass is 387 g/mol. The van der Waals surface area contributed by atoms with Gasteiger partial charge in [0, 0.05) is 17.1 Å². The van der Waals surface area contributed by atoms with Crippen LogP contribution in [-0.4, -0.2) is 20.4 Å². The molecule has 0 saturated heterocycles. The van der Waals surface area contributed by atoms with Crippen molar-refractivity contribution in [3.63, 3.8) is 0 Å². The molecule has 0 bridgehead atoms. The van der Waals surface area contributed by atoms with Crippen LogP contribution < -0.4 is 21.8 Å². The third-order valence-corrected chi connectivity index (χ3v) is 3.36. The Morgan fingerprint density at radius 2 is 1.61 bits per heavy atom. The molecule has 4 aromatic rings. The Morgan fingerprint density at radius 3 is 2.17 bits per heavy atom. The summed E-state index contributed by atoms with van der Waals surface area (Å²) in [5.41, 5.74) is 3.77. The van der Waals surface area contributed by atoms with Crippen LogP contribution in [0.2, 0.25) is 0 Å². The van der Waals surface area contributed by atoms with Crippen LogP contribution in [0.3, 0.4) is 0 Å². The zero-order valence-electron chi connectivity index (χ0n) is 12.1. The summed E-state index contributed by atoms with van der Waals surface area (Å²) in [4.78, 5) is 5.40. The zero-order chi connectivity index (χ0) is 15.0. The Kier molecular flexibility index (Phi) is 6.58. The van der Waals surface area contributed by atoms with Crippen molar-refractivity contribution in [1.82, 2.24) is 20.4 Å². The maximum absolute atomic E-state index is 4.12. The zero-order valence-corrected chi connectivity index (χ0v) is 14.5. The number of H-pyrrole nitrogens is 1. The fourth-order valence-electron chi connectivity index (χ4n) is 1.81. The Hall–Kier alpha value is -2.38. The van der Waals surface area contributed by atoms with E-state index in [1.807, 2.05) is 66.0 Å². The highest BCUT2D eigenvalue weighted by Crippen LogP contribution is 2.10. The van der Waals surface area contributed by atoms with Crippen LogP contribution in [0.25, 0.3) is 17.1 Å². The van der Waals surface area contributed by atoms with Gasteiger partial charge in [0.05, 0.1) is 10.6 Å². The van der Waals surface area contributed by atoms with Gasteiger partial charge in [-0.05, 0) is 29.1 Å². The molecular formula is C16H14BrN5S. The second-order valence-electron chi connectivity index (χ2n) is 4.34. The van der Waals surface area contributed by atoms with E-state index in [4.69, 9.17) is 0 Å². The minimum absolute atomic E-state index is 0. The number of aromatic amines is 1. The summed E-state index contributed by atoms with van der Waals surface area (Å²) in [7, 11) is 0. The molecule has 0 saturated carbocycles. The van der Waals surface area contributed by atoms with Gasteiger partial charge in [-0.15, -0.1) is 11.3 Å². The van der Waals surface area contributed by atoms with Crippen LogP contribution in [-0.2, 0) is 0 Å². The first kappa shape index (κ1) is 17.0. The van der Waals surface area contributed by atoms with Crippen LogP contribution in [0.1, 0.15) is 0 Å². The number of aromatic nitrogens is 5. The van der Waals surface area contributed by atoms with Crippen LogP contribution in [0.5, 0.6) is 0 Å². The first-order chi connectivity index (χ1) is 10.9. The van der Waals surface area contributed by atoms with Crippen molar-refractivity contribution in [2.24, 2.45) is 0 Å². The second-order valence-corrected chi connectivity index (χ2v) is 5.09. The highest BCUT2D eigenvalue weighted by atomic mass is 79.9. The van der Waals surface area contributed by atoms with Gasteiger partial charge >= 0.3 is 5.82 Å². The Morgan fingerprint density at radius 1 is 0.913 bits per heavy atom. The fourth-order valence-corrected chi connectivity index (χ4v) is 2.17. The molecule has 5 nitrogen and oxygen atoms in total. The maximum Gasteiger partial charge on any atom is 0.313 e. The summed E-state index contributed by atoms with van der Waals surface area (Å²) in [6, 6.07) is 19.8. The predicted octanol–water partition coefficient (Wildman–Crippen LogP) is -0.104. The van der Waals surface area contributed by atoms with Gasteiger partial charge < -0.3 is 17.0 Å². The normalized spacial score (nSPS) is 9.39. The standard InChI is InChI=1S/C13H10N4.C3H3NS.BrH/c1-3-7-11(8-4-1)13-14-16-17(15-13)12-9-5-2-6-10-12;1-2-5-3-4-1;/h1-10H;1-3H;1H. The average Bonchev–Trinajstić information content (AvgIpc) is 3.31. The quantitative estimate of drug-likeness (QED) is 0.488. The lowest BCUT2D eigenvalue weighted by Crippen LogP contribution is -3.00. The molecule has 0 aliphatic rings. The summed E-state index contributed by atoms with van der Waals surface area (Å²) in [5, 5.41) is 13.3. The summed E-state index contributed by atoms with van der Waals surface area (Å²) >= 11 is 1.60. The highest BCUT2D eigenvalue weighted by Gasteiger charge is 2.13. The van der Waals surface area contributed by atoms with Gasteiger partial charge in [-0.25, -0.2) is 0 Å². The largest absolute Gasteiger partial charge is 1.00 e. The molecule has 23 heavy (non-hydrogen) atoms. The molecular weight excluding hydrogens is 374 g/mol. The SMILES string of the molecule is [Br-].c1ccc(-c2nn[n+](-c3ccccc3)[nH]2)cc1.c1cscn1. The van der Waals surface area contributed by atoms with E-state index < -0.39 is 0 Å². The third kappa shape index (κ3) is 4.80.